The molecule has 2 fully saturated rings. The third kappa shape index (κ3) is 3.09. The Morgan fingerprint density at radius 1 is 1.41 bits per heavy atom. The van der Waals surface area contributed by atoms with E-state index < -0.39 is 15.1 Å². The van der Waals surface area contributed by atoms with E-state index in [-0.39, 0.29) is 11.8 Å². The molecule has 1 aromatic rings. The van der Waals surface area contributed by atoms with Crippen molar-refractivity contribution in [3.8, 4) is 0 Å². The van der Waals surface area contributed by atoms with Crippen LogP contribution in [-0.2, 0) is 14.6 Å². The second-order valence-electron chi connectivity index (χ2n) is 5.75. The first kappa shape index (κ1) is 16.0. The normalized spacial score (nSPS) is 28.0. The zero-order chi connectivity index (χ0) is 15.7. The highest BCUT2D eigenvalue weighted by molar-refractivity contribution is 7.98. The summed E-state index contributed by atoms with van der Waals surface area (Å²) in [6.45, 7) is 4.19. The summed E-state index contributed by atoms with van der Waals surface area (Å²) in [5, 5.41) is 0.157. The Morgan fingerprint density at radius 3 is 2.86 bits per heavy atom. The van der Waals surface area contributed by atoms with Gasteiger partial charge in [0, 0.05) is 12.6 Å². The van der Waals surface area contributed by atoms with Crippen LogP contribution in [-0.4, -0.2) is 56.2 Å². The first-order chi connectivity index (χ1) is 10.5. The van der Waals surface area contributed by atoms with Crippen LogP contribution >= 0.6 is 11.8 Å². The molecule has 0 N–H and O–H groups in total. The van der Waals surface area contributed by atoms with Crippen LogP contribution in [0.5, 0.6) is 0 Å². The maximum atomic E-state index is 12.2. The molecule has 22 heavy (non-hydrogen) atoms. The Labute approximate surface area is 135 Å². The predicted molar refractivity (Wildman–Crippen MR) is 87.2 cm³/mol. The number of nitrogens with zero attached hydrogens (tertiary/aromatic N) is 3. The maximum Gasteiger partial charge on any atom is 0.189 e. The van der Waals surface area contributed by atoms with Gasteiger partial charge >= 0.3 is 0 Å². The molecule has 2 aliphatic heterocycles. The summed E-state index contributed by atoms with van der Waals surface area (Å²) < 4.78 is 29.9. The van der Waals surface area contributed by atoms with Crippen LogP contribution in [0, 0.1) is 0 Å². The molecule has 0 spiro atoms. The van der Waals surface area contributed by atoms with E-state index in [2.05, 4.69) is 21.8 Å². The van der Waals surface area contributed by atoms with Gasteiger partial charge in [-0.2, -0.15) is 0 Å². The van der Waals surface area contributed by atoms with Crippen LogP contribution in [0.4, 0.5) is 5.82 Å². The highest BCUT2D eigenvalue weighted by atomic mass is 32.2. The zero-order valence-electron chi connectivity index (χ0n) is 12.9. The van der Waals surface area contributed by atoms with E-state index in [1.165, 1.54) is 11.8 Å². The fourth-order valence-electron chi connectivity index (χ4n) is 3.02. The molecule has 2 aliphatic rings. The number of sulfone groups is 1. The highest BCUT2D eigenvalue weighted by Gasteiger charge is 2.35. The van der Waals surface area contributed by atoms with Crippen molar-refractivity contribution in [1.29, 1.82) is 0 Å². The molecule has 3 rings (SSSR count). The molecule has 0 saturated carbocycles. The maximum absolute atomic E-state index is 12.2. The molecule has 2 atom stereocenters. The highest BCUT2D eigenvalue weighted by Crippen LogP contribution is 2.35. The van der Waals surface area contributed by atoms with Gasteiger partial charge in [-0.3, -0.25) is 0 Å². The van der Waals surface area contributed by atoms with E-state index in [1.54, 1.807) is 0 Å². The van der Waals surface area contributed by atoms with Gasteiger partial charge in [0.2, 0.25) is 0 Å². The largest absolute Gasteiger partial charge is 0.377 e. The molecular weight excluding hydrogens is 322 g/mol. The Hall–Kier alpha value is -0.860. The molecule has 0 aromatic carbocycles. The zero-order valence-corrected chi connectivity index (χ0v) is 14.5. The smallest absolute Gasteiger partial charge is 0.189 e. The lowest BCUT2D eigenvalue weighted by Crippen LogP contribution is -2.44. The topological polar surface area (TPSA) is 72.4 Å². The number of morpholine rings is 1. The molecule has 2 unspecified atom stereocenters. The van der Waals surface area contributed by atoms with Crippen molar-refractivity contribution in [2.75, 3.05) is 36.7 Å². The first-order valence-electron chi connectivity index (χ1n) is 7.50. The monoisotopic (exact) mass is 343 g/mol. The predicted octanol–water partition coefficient (Wildman–Crippen LogP) is 1.67. The van der Waals surface area contributed by atoms with Crippen LogP contribution in [0.2, 0.25) is 0 Å². The van der Waals surface area contributed by atoms with E-state index in [0.29, 0.717) is 30.5 Å². The first-order valence-corrected chi connectivity index (χ1v) is 10.4. The van der Waals surface area contributed by atoms with Crippen molar-refractivity contribution in [1.82, 2.24) is 9.97 Å². The van der Waals surface area contributed by atoms with Crippen LogP contribution in [0.15, 0.2) is 11.2 Å². The van der Waals surface area contributed by atoms with E-state index >= 15 is 0 Å². The molecule has 0 amide bonds. The summed E-state index contributed by atoms with van der Waals surface area (Å²) in [6, 6.07) is 2.08. The van der Waals surface area contributed by atoms with Crippen molar-refractivity contribution >= 4 is 27.4 Å². The third-order valence-electron chi connectivity index (χ3n) is 4.21. The van der Waals surface area contributed by atoms with Crippen molar-refractivity contribution in [2.45, 2.75) is 36.2 Å². The summed E-state index contributed by atoms with van der Waals surface area (Å²) in [5.41, 5.74) is 0.644. The van der Waals surface area contributed by atoms with Crippen molar-refractivity contribution in [3.63, 3.8) is 0 Å². The van der Waals surface area contributed by atoms with E-state index in [4.69, 9.17) is 4.74 Å². The van der Waals surface area contributed by atoms with Gasteiger partial charge in [0.05, 0.1) is 30.7 Å². The van der Waals surface area contributed by atoms with Crippen LogP contribution in [0.25, 0.3) is 0 Å². The summed E-state index contributed by atoms with van der Waals surface area (Å²) >= 11 is 1.45. The lowest BCUT2D eigenvalue weighted by atomic mass is 10.2. The van der Waals surface area contributed by atoms with Gasteiger partial charge in [0.1, 0.15) is 11.1 Å². The summed E-state index contributed by atoms with van der Waals surface area (Å²) in [6.07, 6.45) is 3.29. The van der Waals surface area contributed by atoms with Crippen molar-refractivity contribution in [2.24, 2.45) is 0 Å². The van der Waals surface area contributed by atoms with Gasteiger partial charge < -0.3 is 9.64 Å². The summed E-state index contributed by atoms with van der Waals surface area (Å²) in [4.78, 5) is 11.2. The van der Waals surface area contributed by atoms with Crippen LogP contribution in [0.3, 0.4) is 0 Å². The molecule has 6 nitrogen and oxygen atoms in total. The SMILES string of the molecule is CSc1nc(C2CCCS2(=O)=O)cc(N2CCOCC2C)n1. The van der Waals surface area contributed by atoms with E-state index in [0.717, 1.165) is 18.8 Å². The number of rotatable bonds is 3. The number of hydrogen-bond acceptors (Lipinski definition) is 7. The molecule has 1 aromatic heterocycles. The average molecular weight is 343 g/mol. The molecule has 0 aliphatic carbocycles. The fourth-order valence-corrected chi connectivity index (χ4v) is 5.27. The lowest BCUT2D eigenvalue weighted by molar-refractivity contribution is 0.0984. The van der Waals surface area contributed by atoms with Gasteiger partial charge in [-0.25, -0.2) is 18.4 Å². The van der Waals surface area contributed by atoms with E-state index in [1.807, 2.05) is 12.3 Å². The molecule has 0 bridgehead atoms. The molecule has 2 saturated heterocycles. The number of ether oxygens (including phenoxy) is 1. The fraction of sp³-hybridized carbons (Fsp3) is 0.714. The van der Waals surface area contributed by atoms with Crippen molar-refractivity contribution < 1.29 is 13.2 Å². The minimum Gasteiger partial charge on any atom is -0.377 e. The Kier molecular flexibility index (Phi) is 4.61. The van der Waals surface area contributed by atoms with Gasteiger partial charge in [0.15, 0.2) is 15.0 Å². The molecule has 8 heteroatoms. The van der Waals surface area contributed by atoms with Gasteiger partial charge in [-0.05, 0) is 26.0 Å². The summed E-state index contributed by atoms with van der Waals surface area (Å²) in [7, 11) is -3.07. The van der Waals surface area contributed by atoms with Gasteiger partial charge in [-0.1, -0.05) is 11.8 Å². The Morgan fingerprint density at radius 2 is 2.23 bits per heavy atom. The minimum absolute atomic E-state index is 0.228. The van der Waals surface area contributed by atoms with Gasteiger partial charge in [0.25, 0.3) is 0 Å². The lowest BCUT2D eigenvalue weighted by Gasteiger charge is -2.34. The molecular formula is C14H21N3O3S2. The van der Waals surface area contributed by atoms with Crippen molar-refractivity contribution in [3.05, 3.63) is 11.8 Å². The number of thioether (sulfide) groups is 1. The second kappa shape index (κ2) is 6.33. The van der Waals surface area contributed by atoms with E-state index in [9.17, 15) is 8.42 Å². The third-order valence-corrected chi connectivity index (χ3v) is 6.96. The standard InChI is InChI=1S/C14H21N3O3S2/c1-10-9-20-6-5-17(10)13-8-11(15-14(16-13)21-2)12-4-3-7-22(12,18)19/h8,10,12H,3-7,9H2,1-2H3. The minimum atomic E-state index is -3.07. The van der Waals surface area contributed by atoms with Gasteiger partial charge in [-0.15, -0.1) is 0 Å². The van der Waals surface area contributed by atoms with Crippen LogP contribution < -0.4 is 4.90 Å². The average Bonchev–Trinajstić information content (AvgIpc) is 2.86. The Balaban J connectivity index is 1.99. The Bertz CT molecular complexity index is 651. The summed E-state index contributed by atoms with van der Waals surface area (Å²) in [5.74, 6) is 1.08. The molecule has 122 valence electrons. The molecule has 0 radical (unpaired) electrons. The number of aromatic nitrogens is 2. The number of anilines is 1. The van der Waals surface area contributed by atoms with Crippen LogP contribution in [0.1, 0.15) is 30.7 Å². The second-order valence-corrected chi connectivity index (χ2v) is 8.83. The molecule has 3 heterocycles. The quantitative estimate of drug-likeness (QED) is 0.610. The number of hydrogen-bond donors (Lipinski definition) is 0.